The van der Waals surface area contributed by atoms with Crippen LogP contribution in [0, 0.1) is 0 Å². The lowest BCUT2D eigenvalue weighted by molar-refractivity contribution is 0.472. The van der Waals surface area contributed by atoms with E-state index in [1.54, 1.807) is 0 Å². The van der Waals surface area contributed by atoms with Crippen LogP contribution in [0.4, 0.5) is 0 Å². The number of ether oxygens (including phenoxy) is 1. The van der Waals surface area contributed by atoms with Gasteiger partial charge in [0.15, 0.2) is 0 Å². The summed E-state index contributed by atoms with van der Waals surface area (Å²) in [6.07, 6.45) is 1.11. The zero-order valence-electron chi connectivity index (χ0n) is 11.3. The van der Waals surface area contributed by atoms with Crippen molar-refractivity contribution in [2.75, 3.05) is 6.54 Å². The summed E-state index contributed by atoms with van der Waals surface area (Å²) < 4.78 is 6.94. The fraction of sp³-hybridized carbons (Fsp3) is 0.250. The minimum atomic E-state index is 0.675. The van der Waals surface area contributed by atoms with Crippen molar-refractivity contribution in [2.45, 2.75) is 19.9 Å². The van der Waals surface area contributed by atoms with Gasteiger partial charge in [0.2, 0.25) is 0 Å². The Bertz CT molecular complexity index is 574. The summed E-state index contributed by atoms with van der Waals surface area (Å²) in [4.78, 5) is 0. The molecule has 0 radical (unpaired) electrons. The minimum absolute atomic E-state index is 0.675. The lowest BCUT2D eigenvalue weighted by Crippen LogP contribution is -2.14. The van der Waals surface area contributed by atoms with Crippen molar-refractivity contribution in [3.8, 4) is 11.5 Å². The Hall–Kier alpha value is -1.03. The van der Waals surface area contributed by atoms with Crippen LogP contribution in [-0.4, -0.2) is 6.54 Å². The van der Waals surface area contributed by atoms with Crippen LogP contribution in [0.2, 0.25) is 5.02 Å². The Morgan fingerprint density at radius 1 is 1.20 bits per heavy atom. The predicted octanol–water partition coefficient (Wildman–Crippen LogP) is 5.39. The molecular formula is C16H17BrClNO. The second-order valence-corrected chi connectivity index (χ2v) is 5.84. The highest BCUT2D eigenvalue weighted by Crippen LogP contribution is 2.29. The van der Waals surface area contributed by atoms with Crippen molar-refractivity contribution in [3.63, 3.8) is 0 Å². The molecule has 2 aromatic rings. The van der Waals surface area contributed by atoms with E-state index in [9.17, 15) is 0 Å². The highest BCUT2D eigenvalue weighted by Gasteiger charge is 2.06. The maximum atomic E-state index is 6.07. The highest BCUT2D eigenvalue weighted by atomic mass is 79.9. The Labute approximate surface area is 133 Å². The molecule has 0 atom stereocenters. The Morgan fingerprint density at radius 2 is 2.05 bits per heavy atom. The zero-order chi connectivity index (χ0) is 14.4. The van der Waals surface area contributed by atoms with Crippen molar-refractivity contribution in [1.82, 2.24) is 5.32 Å². The van der Waals surface area contributed by atoms with E-state index in [0.29, 0.717) is 5.02 Å². The van der Waals surface area contributed by atoms with E-state index in [1.165, 1.54) is 0 Å². The molecule has 0 fully saturated rings. The topological polar surface area (TPSA) is 21.3 Å². The van der Waals surface area contributed by atoms with E-state index in [1.807, 2.05) is 42.5 Å². The van der Waals surface area contributed by atoms with Gasteiger partial charge in [0.05, 0.1) is 0 Å². The SMILES string of the molecule is CCCNCc1ccc(Cl)cc1Oc1cccc(Br)c1. The molecule has 0 saturated heterocycles. The van der Waals surface area contributed by atoms with Gasteiger partial charge in [-0.2, -0.15) is 0 Å². The van der Waals surface area contributed by atoms with E-state index >= 15 is 0 Å². The summed E-state index contributed by atoms with van der Waals surface area (Å²) in [6.45, 7) is 3.90. The number of hydrogen-bond acceptors (Lipinski definition) is 2. The maximum absolute atomic E-state index is 6.07. The molecule has 2 nitrogen and oxygen atoms in total. The molecule has 0 bridgehead atoms. The van der Waals surface area contributed by atoms with Crippen LogP contribution in [0.3, 0.4) is 0 Å². The molecule has 20 heavy (non-hydrogen) atoms. The zero-order valence-corrected chi connectivity index (χ0v) is 13.7. The number of rotatable bonds is 6. The molecule has 106 valence electrons. The standard InChI is InChI=1S/C16H17BrClNO/c1-2-8-19-11-12-6-7-14(18)10-16(12)20-15-5-3-4-13(17)9-15/h3-7,9-10,19H,2,8,11H2,1H3. The van der Waals surface area contributed by atoms with Gasteiger partial charge in [0.25, 0.3) is 0 Å². The van der Waals surface area contributed by atoms with Crippen LogP contribution < -0.4 is 10.1 Å². The van der Waals surface area contributed by atoms with E-state index in [2.05, 4.69) is 28.2 Å². The molecule has 2 aromatic carbocycles. The second kappa shape index (κ2) is 7.67. The third-order valence-corrected chi connectivity index (χ3v) is 3.52. The van der Waals surface area contributed by atoms with Gasteiger partial charge in [0.1, 0.15) is 11.5 Å². The van der Waals surface area contributed by atoms with Crippen molar-refractivity contribution in [2.24, 2.45) is 0 Å². The van der Waals surface area contributed by atoms with Gasteiger partial charge in [-0.25, -0.2) is 0 Å². The second-order valence-electron chi connectivity index (χ2n) is 4.49. The number of hydrogen-bond donors (Lipinski definition) is 1. The highest BCUT2D eigenvalue weighted by molar-refractivity contribution is 9.10. The summed E-state index contributed by atoms with van der Waals surface area (Å²) in [5, 5.41) is 4.05. The molecule has 1 N–H and O–H groups in total. The molecule has 0 amide bonds. The summed E-state index contributed by atoms with van der Waals surface area (Å²) in [7, 11) is 0. The fourth-order valence-corrected chi connectivity index (χ4v) is 2.37. The summed E-state index contributed by atoms with van der Waals surface area (Å²) in [5.74, 6) is 1.58. The van der Waals surface area contributed by atoms with Crippen molar-refractivity contribution >= 4 is 27.5 Å². The van der Waals surface area contributed by atoms with Gasteiger partial charge in [-0.15, -0.1) is 0 Å². The van der Waals surface area contributed by atoms with Crippen LogP contribution in [0.15, 0.2) is 46.9 Å². The molecule has 0 aliphatic rings. The molecule has 4 heteroatoms. The van der Waals surface area contributed by atoms with Crippen LogP contribution in [0.25, 0.3) is 0 Å². The molecule has 0 heterocycles. The molecule has 0 unspecified atom stereocenters. The monoisotopic (exact) mass is 353 g/mol. The number of halogens is 2. The average Bonchev–Trinajstić information content (AvgIpc) is 2.41. The summed E-state index contributed by atoms with van der Waals surface area (Å²) in [6, 6.07) is 13.5. The summed E-state index contributed by atoms with van der Waals surface area (Å²) >= 11 is 9.51. The molecule has 2 rings (SSSR count). The first kappa shape index (κ1) is 15.4. The van der Waals surface area contributed by atoms with Gasteiger partial charge in [-0.3, -0.25) is 0 Å². The van der Waals surface area contributed by atoms with E-state index in [0.717, 1.165) is 41.0 Å². The van der Waals surface area contributed by atoms with Gasteiger partial charge < -0.3 is 10.1 Å². The van der Waals surface area contributed by atoms with E-state index in [4.69, 9.17) is 16.3 Å². The van der Waals surface area contributed by atoms with Gasteiger partial charge in [0, 0.05) is 21.6 Å². The van der Waals surface area contributed by atoms with Gasteiger partial charge in [-0.1, -0.05) is 46.6 Å². The molecule has 0 aromatic heterocycles. The van der Waals surface area contributed by atoms with Crippen molar-refractivity contribution < 1.29 is 4.74 Å². The Morgan fingerprint density at radius 3 is 2.80 bits per heavy atom. The first-order valence-electron chi connectivity index (χ1n) is 6.61. The maximum Gasteiger partial charge on any atom is 0.133 e. The first-order chi connectivity index (χ1) is 9.69. The molecule has 0 spiro atoms. The van der Waals surface area contributed by atoms with Crippen LogP contribution in [0.1, 0.15) is 18.9 Å². The van der Waals surface area contributed by atoms with Crippen LogP contribution in [0.5, 0.6) is 11.5 Å². The predicted molar refractivity (Wildman–Crippen MR) is 87.7 cm³/mol. The van der Waals surface area contributed by atoms with Gasteiger partial charge >= 0.3 is 0 Å². The van der Waals surface area contributed by atoms with Gasteiger partial charge in [-0.05, 0) is 43.3 Å². The summed E-state index contributed by atoms with van der Waals surface area (Å²) in [5.41, 5.74) is 1.10. The largest absolute Gasteiger partial charge is 0.457 e. The molecular weight excluding hydrogens is 338 g/mol. The van der Waals surface area contributed by atoms with Crippen molar-refractivity contribution in [3.05, 3.63) is 57.5 Å². The third kappa shape index (κ3) is 4.51. The van der Waals surface area contributed by atoms with E-state index < -0.39 is 0 Å². The smallest absolute Gasteiger partial charge is 0.133 e. The van der Waals surface area contributed by atoms with Crippen LogP contribution in [-0.2, 0) is 6.54 Å². The number of benzene rings is 2. The Balaban J connectivity index is 2.18. The lowest BCUT2D eigenvalue weighted by atomic mass is 10.2. The minimum Gasteiger partial charge on any atom is -0.457 e. The first-order valence-corrected chi connectivity index (χ1v) is 7.78. The Kier molecular flexibility index (Phi) is 5.89. The number of nitrogens with one attached hydrogen (secondary N) is 1. The fourth-order valence-electron chi connectivity index (χ4n) is 1.83. The van der Waals surface area contributed by atoms with E-state index in [-0.39, 0.29) is 0 Å². The average molecular weight is 355 g/mol. The van der Waals surface area contributed by atoms with Crippen LogP contribution >= 0.6 is 27.5 Å². The normalized spacial score (nSPS) is 10.6. The quantitative estimate of drug-likeness (QED) is 0.702. The molecule has 0 saturated carbocycles. The molecule has 0 aliphatic heterocycles. The third-order valence-electron chi connectivity index (χ3n) is 2.80. The molecule has 0 aliphatic carbocycles. The lowest BCUT2D eigenvalue weighted by Gasteiger charge is -2.12. The van der Waals surface area contributed by atoms with Crippen molar-refractivity contribution in [1.29, 1.82) is 0 Å².